The molecule has 1 heterocycles. The molecule has 1 aliphatic rings. The molecule has 1 N–H and O–H groups in total. The highest BCUT2D eigenvalue weighted by molar-refractivity contribution is 5.86. The molecular weight excluding hydrogens is 269 g/mol. The van der Waals surface area contributed by atoms with E-state index in [9.17, 15) is 27.6 Å². The number of carboxylic acids is 1. The lowest BCUT2D eigenvalue weighted by Crippen LogP contribution is -2.50. The van der Waals surface area contributed by atoms with Crippen molar-refractivity contribution in [2.75, 3.05) is 19.6 Å². The number of rotatable bonds is 3. The van der Waals surface area contributed by atoms with Crippen molar-refractivity contribution >= 4 is 17.8 Å². The first-order valence-electron chi connectivity index (χ1n) is 5.48. The molecule has 0 aromatic carbocycles. The first kappa shape index (κ1) is 15.3. The third-order valence-corrected chi connectivity index (χ3v) is 2.86. The minimum atomic E-state index is -5.13. The van der Waals surface area contributed by atoms with E-state index in [4.69, 9.17) is 5.11 Å². The van der Waals surface area contributed by atoms with Gasteiger partial charge in [-0.05, 0) is 6.42 Å². The monoisotopic (exact) mass is 282 g/mol. The number of nitrogens with zero attached hydrogens (tertiary/aromatic N) is 2. The molecule has 0 saturated carbocycles. The normalized spacial score (nSPS) is 19.4. The minimum Gasteiger partial charge on any atom is -0.480 e. The molecular formula is C10H13F3N2O4. The maximum absolute atomic E-state index is 12.4. The van der Waals surface area contributed by atoms with Gasteiger partial charge in [0.05, 0.1) is 6.04 Å². The Hall–Kier alpha value is -1.80. The Bertz CT molecular complexity index is 397. The van der Waals surface area contributed by atoms with Crippen LogP contribution in [-0.4, -0.2) is 64.5 Å². The van der Waals surface area contributed by atoms with Gasteiger partial charge in [-0.25, -0.2) is 0 Å². The SMILES string of the molecule is CC(=O)N1CCC(N(CC(=O)O)C(=O)C(F)(F)F)C1. The molecule has 19 heavy (non-hydrogen) atoms. The summed E-state index contributed by atoms with van der Waals surface area (Å²) in [4.78, 5) is 34.4. The Morgan fingerprint density at radius 1 is 1.37 bits per heavy atom. The number of amides is 2. The van der Waals surface area contributed by atoms with Gasteiger partial charge in [0.1, 0.15) is 6.54 Å². The highest BCUT2D eigenvalue weighted by Gasteiger charge is 2.46. The number of carboxylic acid groups (broad SMARTS) is 1. The van der Waals surface area contributed by atoms with Gasteiger partial charge in [0.15, 0.2) is 0 Å². The first-order chi connectivity index (χ1) is 8.62. The average Bonchev–Trinajstić information content (AvgIpc) is 2.72. The number of hydrogen-bond acceptors (Lipinski definition) is 3. The molecule has 0 bridgehead atoms. The van der Waals surface area contributed by atoms with Crippen LogP contribution in [0, 0.1) is 0 Å². The molecule has 0 spiro atoms. The van der Waals surface area contributed by atoms with Crippen LogP contribution in [-0.2, 0) is 14.4 Å². The van der Waals surface area contributed by atoms with E-state index in [0.29, 0.717) is 0 Å². The molecule has 0 radical (unpaired) electrons. The van der Waals surface area contributed by atoms with Gasteiger partial charge in [-0.1, -0.05) is 0 Å². The second-order valence-electron chi connectivity index (χ2n) is 4.23. The van der Waals surface area contributed by atoms with E-state index in [1.807, 2.05) is 0 Å². The van der Waals surface area contributed by atoms with Crippen molar-refractivity contribution in [2.24, 2.45) is 0 Å². The summed E-state index contributed by atoms with van der Waals surface area (Å²) < 4.78 is 37.2. The molecule has 6 nitrogen and oxygen atoms in total. The highest BCUT2D eigenvalue weighted by atomic mass is 19.4. The van der Waals surface area contributed by atoms with E-state index in [1.165, 1.54) is 11.8 Å². The average molecular weight is 282 g/mol. The third-order valence-electron chi connectivity index (χ3n) is 2.86. The Labute approximate surface area is 106 Å². The fraction of sp³-hybridized carbons (Fsp3) is 0.700. The van der Waals surface area contributed by atoms with E-state index >= 15 is 0 Å². The van der Waals surface area contributed by atoms with Crippen LogP contribution in [0.3, 0.4) is 0 Å². The van der Waals surface area contributed by atoms with Gasteiger partial charge in [-0.15, -0.1) is 0 Å². The maximum atomic E-state index is 12.4. The van der Waals surface area contributed by atoms with Gasteiger partial charge in [0, 0.05) is 20.0 Å². The zero-order valence-electron chi connectivity index (χ0n) is 10.1. The van der Waals surface area contributed by atoms with Gasteiger partial charge < -0.3 is 14.9 Å². The van der Waals surface area contributed by atoms with Gasteiger partial charge in [-0.2, -0.15) is 13.2 Å². The quantitative estimate of drug-likeness (QED) is 0.795. The predicted octanol–water partition coefficient (Wildman–Crippen LogP) is 0.0827. The van der Waals surface area contributed by atoms with Crippen LogP contribution < -0.4 is 0 Å². The van der Waals surface area contributed by atoms with Gasteiger partial charge in [-0.3, -0.25) is 14.4 Å². The number of alkyl halides is 3. The fourth-order valence-electron chi connectivity index (χ4n) is 1.96. The first-order valence-corrected chi connectivity index (χ1v) is 5.48. The Morgan fingerprint density at radius 3 is 2.32 bits per heavy atom. The van der Waals surface area contributed by atoms with Crippen molar-refractivity contribution in [2.45, 2.75) is 25.6 Å². The van der Waals surface area contributed by atoms with Crippen LogP contribution >= 0.6 is 0 Å². The Kier molecular flexibility index (Phi) is 4.38. The Balaban J connectivity index is 2.84. The molecule has 1 rings (SSSR count). The summed E-state index contributed by atoms with van der Waals surface area (Å²) in [6, 6.07) is -0.922. The standard InChI is InChI=1S/C10H13F3N2O4/c1-6(16)14-3-2-7(4-14)15(5-8(17)18)9(19)10(11,12)13/h7H,2-5H2,1H3,(H,17,18). The van der Waals surface area contributed by atoms with Crippen molar-refractivity contribution in [3.8, 4) is 0 Å². The lowest BCUT2D eigenvalue weighted by molar-refractivity contribution is -0.188. The molecule has 1 aliphatic heterocycles. The summed E-state index contributed by atoms with van der Waals surface area (Å²) in [6.07, 6.45) is -4.99. The van der Waals surface area contributed by atoms with E-state index in [0.717, 1.165) is 0 Å². The van der Waals surface area contributed by atoms with Crippen molar-refractivity contribution in [1.82, 2.24) is 9.80 Å². The van der Waals surface area contributed by atoms with Gasteiger partial charge >= 0.3 is 18.1 Å². The largest absolute Gasteiger partial charge is 0.480 e. The second-order valence-corrected chi connectivity index (χ2v) is 4.23. The van der Waals surface area contributed by atoms with Crippen molar-refractivity contribution < 1.29 is 32.7 Å². The predicted molar refractivity (Wildman–Crippen MR) is 56.1 cm³/mol. The van der Waals surface area contributed by atoms with Gasteiger partial charge in [0.25, 0.3) is 0 Å². The van der Waals surface area contributed by atoms with E-state index < -0.39 is 30.6 Å². The summed E-state index contributed by atoms with van der Waals surface area (Å²) in [5.74, 6) is -4.04. The molecule has 1 unspecified atom stereocenters. The number of aliphatic carboxylic acids is 1. The van der Waals surface area contributed by atoms with Crippen LogP contribution in [0.15, 0.2) is 0 Å². The maximum Gasteiger partial charge on any atom is 0.471 e. The summed E-state index contributed by atoms with van der Waals surface area (Å²) in [5, 5.41) is 8.59. The molecule has 0 aliphatic carbocycles. The van der Waals surface area contributed by atoms with E-state index in [1.54, 1.807) is 0 Å². The fourth-order valence-corrected chi connectivity index (χ4v) is 1.96. The highest BCUT2D eigenvalue weighted by Crippen LogP contribution is 2.23. The molecule has 0 aromatic heterocycles. The third kappa shape index (κ3) is 3.83. The topological polar surface area (TPSA) is 77.9 Å². The van der Waals surface area contributed by atoms with Crippen LogP contribution in [0.5, 0.6) is 0 Å². The zero-order valence-corrected chi connectivity index (χ0v) is 10.1. The molecule has 0 aromatic rings. The summed E-state index contributed by atoms with van der Waals surface area (Å²) >= 11 is 0. The van der Waals surface area contributed by atoms with Crippen LogP contribution in [0.2, 0.25) is 0 Å². The smallest absolute Gasteiger partial charge is 0.471 e. The number of hydrogen-bond donors (Lipinski definition) is 1. The van der Waals surface area contributed by atoms with E-state index in [-0.39, 0.29) is 30.3 Å². The summed E-state index contributed by atoms with van der Waals surface area (Å²) in [7, 11) is 0. The zero-order chi connectivity index (χ0) is 14.8. The van der Waals surface area contributed by atoms with Crippen LogP contribution in [0.25, 0.3) is 0 Å². The van der Waals surface area contributed by atoms with Crippen molar-refractivity contribution in [3.63, 3.8) is 0 Å². The minimum absolute atomic E-state index is 0.0789. The number of carbonyl (C=O) groups excluding carboxylic acids is 2. The molecule has 108 valence electrons. The number of likely N-dealkylation sites (tertiary alicyclic amines) is 1. The number of carbonyl (C=O) groups is 3. The second kappa shape index (κ2) is 5.45. The number of halogens is 3. The lowest BCUT2D eigenvalue weighted by Gasteiger charge is -2.28. The Morgan fingerprint density at radius 2 is 1.95 bits per heavy atom. The van der Waals surface area contributed by atoms with Crippen LogP contribution in [0.1, 0.15) is 13.3 Å². The van der Waals surface area contributed by atoms with E-state index in [2.05, 4.69) is 0 Å². The molecule has 1 saturated heterocycles. The summed E-state index contributed by atoms with van der Waals surface area (Å²) in [5.41, 5.74) is 0. The molecule has 1 fully saturated rings. The molecule has 9 heteroatoms. The van der Waals surface area contributed by atoms with Gasteiger partial charge in [0.2, 0.25) is 5.91 Å². The summed E-state index contributed by atoms with van der Waals surface area (Å²) in [6.45, 7) is 0.357. The van der Waals surface area contributed by atoms with Crippen molar-refractivity contribution in [3.05, 3.63) is 0 Å². The van der Waals surface area contributed by atoms with Crippen molar-refractivity contribution in [1.29, 1.82) is 0 Å². The van der Waals surface area contributed by atoms with Crippen LogP contribution in [0.4, 0.5) is 13.2 Å². The molecule has 2 amide bonds. The lowest BCUT2D eigenvalue weighted by atomic mass is 10.2. The molecule has 1 atom stereocenters.